The van der Waals surface area contributed by atoms with Crippen LogP contribution in [0.2, 0.25) is 0 Å². The number of ether oxygens (including phenoxy) is 4. The minimum atomic E-state index is -2.70. The molecule has 0 atom stereocenters. The number of carbonyl (C=O) groups excluding carboxylic acids is 4. The van der Waals surface area contributed by atoms with Gasteiger partial charge in [-0.1, -0.05) is 61.2 Å². The molecule has 8 heteroatoms. The van der Waals surface area contributed by atoms with Gasteiger partial charge in [0.25, 0.3) is 5.41 Å². The normalized spacial score (nSPS) is 10.5. The Morgan fingerprint density at radius 1 is 0.629 bits per heavy atom. The van der Waals surface area contributed by atoms with E-state index in [-0.39, 0.29) is 22.8 Å². The van der Waals surface area contributed by atoms with Gasteiger partial charge in [0.1, 0.15) is 17.2 Å². The van der Waals surface area contributed by atoms with E-state index in [4.69, 9.17) is 18.9 Å². The highest BCUT2D eigenvalue weighted by Gasteiger charge is 2.58. The molecule has 0 fully saturated rings. The second kappa shape index (κ2) is 11.4. The first kappa shape index (κ1) is 24.9. The number of para-hydroxylation sites is 3. The van der Waals surface area contributed by atoms with E-state index >= 15 is 0 Å². The Labute approximate surface area is 201 Å². The largest absolute Gasteiger partial charge is 0.468 e. The predicted octanol–water partition coefficient (Wildman–Crippen LogP) is 3.91. The molecule has 3 rings (SSSR count). The van der Waals surface area contributed by atoms with Gasteiger partial charge in [0.2, 0.25) is 0 Å². The van der Waals surface area contributed by atoms with Gasteiger partial charge in [-0.3, -0.25) is 4.79 Å². The molecule has 35 heavy (non-hydrogen) atoms. The minimum Gasteiger partial charge on any atom is -0.468 e. The summed E-state index contributed by atoms with van der Waals surface area (Å²) in [6.07, 6.45) is -0.803. The van der Waals surface area contributed by atoms with Crippen LogP contribution in [-0.4, -0.2) is 31.0 Å². The molecule has 0 unspecified atom stereocenters. The number of esters is 4. The maximum Gasteiger partial charge on any atom is 0.340 e. The average molecular weight is 474 g/mol. The van der Waals surface area contributed by atoms with Crippen LogP contribution in [0, 0.1) is 5.41 Å². The van der Waals surface area contributed by atoms with E-state index in [0.717, 1.165) is 7.11 Å². The topological polar surface area (TPSA) is 105 Å². The monoisotopic (exact) mass is 474 g/mol. The summed E-state index contributed by atoms with van der Waals surface area (Å²) in [6.45, 7) is 3.63. The molecule has 8 nitrogen and oxygen atoms in total. The molecule has 0 aromatic heterocycles. The first-order valence-corrected chi connectivity index (χ1v) is 10.4. The molecular formula is C27H22O8. The number of benzene rings is 3. The van der Waals surface area contributed by atoms with E-state index in [1.807, 2.05) is 0 Å². The number of hydrogen-bond donors (Lipinski definition) is 0. The second-order valence-corrected chi connectivity index (χ2v) is 7.28. The van der Waals surface area contributed by atoms with Gasteiger partial charge in [0.15, 0.2) is 0 Å². The van der Waals surface area contributed by atoms with Crippen LogP contribution in [-0.2, 0) is 23.9 Å². The standard InChI is InChI=1S/C27H22O8/c1-19(23(28)33-20-12-6-3-7-13-20)18-27(24(29)32-2,25(30)34-21-14-8-4-9-15-21)26(31)35-22-16-10-5-11-17-22/h3-17H,1,18H2,2H3. The van der Waals surface area contributed by atoms with Crippen molar-refractivity contribution in [3.63, 3.8) is 0 Å². The Bertz CT molecular complexity index is 1150. The molecule has 3 aromatic rings. The quantitative estimate of drug-likeness (QED) is 0.199. The lowest BCUT2D eigenvalue weighted by Crippen LogP contribution is -2.52. The number of hydrogen-bond acceptors (Lipinski definition) is 8. The molecule has 0 saturated heterocycles. The summed E-state index contributed by atoms with van der Waals surface area (Å²) in [4.78, 5) is 52.4. The zero-order chi connectivity index (χ0) is 25.3. The SMILES string of the molecule is C=C(CC(C(=O)OC)(C(=O)Oc1ccccc1)C(=O)Oc1ccccc1)C(=O)Oc1ccccc1. The van der Waals surface area contributed by atoms with Crippen molar-refractivity contribution in [1.29, 1.82) is 0 Å². The van der Waals surface area contributed by atoms with E-state index in [0.29, 0.717) is 0 Å². The first-order chi connectivity index (χ1) is 16.9. The van der Waals surface area contributed by atoms with Crippen LogP contribution in [0.15, 0.2) is 103 Å². The van der Waals surface area contributed by atoms with Crippen molar-refractivity contribution in [2.75, 3.05) is 7.11 Å². The van der Waals surface area contributed by atoms with Gasteiger partial charge in [-0.25, -0.2) is 14.4 Å². The van der Waals surface area contributed by atoms with Crippen molar-refractivity contribution in [3.05, 3.63) is 103 Å². The second-order valence-electron chi connectivity index (χ2n) is 7.28. The summed E-state index contributed by atoms with van der Waals surface area (Å²) in [5.41, 5.74) is -3.05. The molecule has 0 aliphatic rings. The van der Waals surface area contributed by atoms with E-state index in [1.165, 1.54) is 36.4 Å². The summed E-state index contributed by atoms with van der Waals surface area (Å²) >= 11 is 0. The van der Waals surface area contributed by atoms with Crippen molar-refractivity contribution < 1.29 is 38.1 Å². The molecule has 0 heterocycles. The third-order valence-electron chi connectivity index (χ3n) is 4.86. The number of carbonyl (C=O) groups is 4. The summed E-state index contributed by atoms with van der Waals surface area (Å²) in [5, 5.41) is 0. The van der Waals surface area contributed by atoms with Crippen molar-refractivity contribution in [3.8, 4) is 17.2 Å². The summed E-state index contributed by atoms with van der Waals surface area (Å²) in [7, 11) is 0.994. The van der Waals surface area contributed by atoms with E-state index in [2.05, 4.69) is 6.58 Å². The lowest BCUT2D eigenvalue weighted by Gasteiger charge is -2.27. The Kier molecular flexibility index (Phi) is 8.13. The zero-order valence-corrected chi connectivity index (χ0v) is 18.8. The van der Waals surface area contributed by atoms with Crippen molar-refractivity contribution in [2.45, 2.75) is 6.42 Å². The lowest BCUT2D eigenvalue weighted by atomic mass is 9.81. The van der Waals surface area contributed by atoms with Gasteiger partial charge < -0.3 is 18.9 Å². The van der Waals surface area contributed by atoms with Gasteiger partial charge in [0, 0.05) is 12.0 Å². The highest BCUT2D eigenvalue weighted by molar-refractivity contribution is 6.19. The first-order valence-electron chi connectivity index (χ1n) is 10.4. The van der Waals surface area contributed by atoms with Crippen molar-refractivity contribution in [1.82, 2.24) is 0 Å². The molecular weight excluding hydrogens is 452 g/mol. The van der Waals surface area contributed by atoms with Gasteiger partial charge in [-0.05, 0) is 36.4 Å². The van der Waals surface area contributed by atoms with E-state index in [9.17, 15) is 19.2 Å². The molecule has 0 amide bonds. The van der Waals surface area contributed by atoms with Crippen LogP contribution in [0.25, 0.3) is 0 Å². The van der Waals surface area contributed by atoms with Crippen LogP contribution in [0.1, 0.15) is 6.42 Å². The molecule has 0 spiro atoms. The van der Waals surface area contributed by atoms with Crippen molar-refractivity contribution >= 4 is 23.9 Å². The molecule has 0 bridgehead atoms. The zero-order valence-electron chi connectivity index (χ0n) is 18.8. The van der Waals surface area contributed by atoms with E-state index < -0.39 is 35.7 Å². The third-order valence-corrected chi connectivity index (χ3v) is 4.86. The fourth-order valence-corrected chi connectivity index (χ4v) is 3.07. The van der Waals surface area contributed by atoms with Gasteiger partial charge >= 0.3 is 23.9 Å². The van der Waals surface area contributed by atoms with E-state index in [1.54, 1.807) is 54.6 Å². The fourth-order valence-electron chi connectivity index (χ4n) is 3.07. The van der Waals surface area contributed by atoms with Crippen LogP contribution in [0.5, 0.6) is 17.2 Å². The molecule has 0 N–H and O–H groups in total. The molecule has 0 aliphatic carbocycles. The fraction of sp³-hybridized carbons (Fsp3) is 0.111. The van der Waals surface area contributed by atoms with Crippen LogP contribution >= 0.6 is 0 Å². The highest BCUT2D eigenvalue weighted by Crippen LogP contribution is 2.33. The highest BCUT2D eigenvalue weighted by atomic mass is 16.6. The summed E-state index contributed by atoms with van der Waals surface area (Å²) in [5.74, 6) is -4.50. The Hall–Kier alpha value is -4.72. The Morgan fingerprint density at radius 2 is 1.00 bits per heavy atom. The molecule has 0 saturated carbocycles. The smallest absolute Gasteiger partial charge is 0.340 e. The molecule has 178 valence electrons. The average Bonchev–Trinajstić information content (AvgIpc) is 2.88. The third kappa shape index (κ3) is 6.00. The summed E-state index contributed by atoms with van der Waals surface area (Å²) < 4.78 is 20.7. The Balaban J connectivity index is 1.97. The van der Waals surface area contributed by atoms with Crippen molar-refractivity contribution in [2.24, 2.45) is 5.41 Å². The molecule has 0 radical (unpaired) electrons. The lowest BCUT2D eigenvalue weighted by molar-refractivity contribution is -0.174. The summed E-state index contributed by atoms with van der Waals surface area (Å²) in [6, 6.07) is 23.7. The maximum absolute atomic E-state index is 13.4. The van der Waals surface area contributed by atoms with Crippen LogP contribution in [0.3, 0.4) is 0 Å². The molecule has 0 aliphatic heterocycles. The van der Waals surface area contributed by atoms with Gasteiger partial charge in [0.05, 0.1) is 7.11 Å². The molecule has 3 aromatic carbocycles. The van der Waals surface area contributed by atoms with Gasteiger partial charge in [-0.15, -0.1) is 0 Å². The minimum absolute atomic E-state index is 0.0655. The predicted molar refractivity (Wildman–Crippen MR) is 124 cm³/mol. The Morgan fingerprint density at radius 3 is 1.37 bits per heavy atom. The van der Waals surface area contributed by atoms with Crippen LogP contribution < -0.4 is 14.2 Å². The van der Waals surface area contributed by atoms with Gasteiger partial charge in [-0.2, -0.15) is 0 Å². The number of methoxy groups -OCH3 is 1. The maximum atomic E-state index is 13.4. The number of rotatable bonds is 9. The van der Waals surface area contributed by atoms with Crippen LogP contribution in [0.4, 0.5) is 0 Å².